The number of aromatic nitrogens is 1. The molecule has 3 heteroatoms. The lowest BCUT2D eigenvalue weighted by molar-refractivity contribution is 1.24. The Kier molecular flexibility index (Phi) is 2.98. The molecular weight excluding hydrogens is 273 g/mol. The fraction of sp³-hybridized carbons (Fsp3) is 0.250. The number of nitrogens with zero attached hydrogens (tertiary/aromatic N) is 1. The second-order valence-corrected chi connectivity index (χ2v) is 4.64. The lowest BCUT2D eigenvalue weighted by Gasteiger charge is -2.07. The summed E-state index contributed by atoms with van der Waals surface area (Å²) in [6.07, 6.45) is 0. The molecule has 0 saturated heterocycles. The Balaban J connectivity index is 2.81. The molecule has 1 aromatic heterocycles. The zero-order valence-corrected chi connectivity index (χ0v) is 11.0. The van der Waals surface area contributed by atoms with Gasteiger partial charge in [-0.15, -0.1) is 0 Å². The van der Waals surface area contributed by atoms with Gasteiger partial charge in [-0.2, -0.15) is 0 Å². The van der Waals surface area contributed by atoms with Gasteiger partial charge in [-0.1, -0.05) is 27.5 Å². The largest absolute Gasteiger partial charge is 0.253 e. The number of pyridine rings is 1. The van der Waals surface area contributed by atoms with Gasteiger partial charge >= 0.3 is 0 Å². The van der Waals surface area contributed by atoms with Crippen LogP contribution < -0.4 is 0 Å². The molecular formula is C12H11BrClN. The highest BCUT2D eigenvalue weighted by atomic mass is 79.9. The monoisotopic (exact) mass is 283 g/mol. The van der Waals surface area contributed by atoms with E-state index in [0.717, 1.165) is 26.9 Å². The molecule has 0 unspecified atom stereocenters. The number of halogens is 2. The van der Waals surface area contributed by atoms with Gasteiger partial charge in [-0.05, 0) is 43.2 Å². The van der Waals surface area contributed by atoms with Crippen LogP contribution in [0.25, 0.3) is 10.9 Å². The van der Waals surface area contributed by atoms with E-state index < -0.39 is 0 Å². The molecule has 0 atom stereocenters. The molecule has 0 aliphatic carbocycles. The highest BCUT2D eigenvalue weighted by Crippen LogP contribution is 2.26. The first kappa shape index (κ1) is 10.9. The fourth-order valence-corrected chi connectivity index (χ4v) is 2.56. The van der Waals surface area contributed by atoms with Crippen molar-refractivity contribution in [3.8, 4) is 0 Å². The first-order valence-electron chi connectivity index (χ1n) is 4.74. The normalized spacial score (nSPS) is 10.9. The van der Waals surface area contributed by atoms with Crippen molar-refractivity contribution >= 4 is 38.4 Å². The zero-order valence-electron chi connectivity index (χ0n) is 8.64. The average molecular weight is 285 g/mol. The van der Waals surface area contributed by atoms with Gasteiger partial charge in [0.1, 0.15) is 0 Å². The van der Waals surface area contributed by atoms with Crippen LogP contribution in [0.4, 0.5) is 0 Å². The lowest BCUT2D eigenvalue weighted by Crippen LogP contribution is -1.90. The summed E-state index contributed by atoms with van der Waals surface area (Å²) in [7, 11) is 0. The summed E-state index contributed by atoms with van der Waals surface area (Å²) >= 11 is 9.66. The van der Waals surface area contributed by atoms with Gasteiger partial charge in [0.05, 0.1) is 10.5 Å². The molecule has 1 heterocycles. The number of fused-ring (bicyclic) bond motifs is 1. The third-order valence-electron chi connectivity index (χ3n) is 2.49. The number of alkyl halides is 1. The lowest BCUT2D eigenvalue weighted by atomic mass is 10.1. The molecule has 2 aromatic rings. The quantitative estimate of drug-likeness (QED) is 0.707. The Labute approximate surface area is 103 Å². The predicted octanol–water partition coefficient (Wildman–Crippen LogP) is 4.40. The minimum absolute atomic E-state index is 0.778. The van der Waals surface area contributed by atoms with Crippen LogP contribution in [0.5, 0.6) is 0 Å². The summed E-state index contributed by atoms with van der Waals surface area (Å²) in [6, 6.07) is 6.09. The van der Waals surface area contributed by atoms with Crippen molar-refractivity contribution in [2.45, 2.75) is 19.2 Å². The summed E-state index contributed by atoms with van der Waals surface area (Å²) in [5.74, 6) is 0. The van der Waals surface area contributed by atoms with Crippen LogP contribution in [0.15, 0.2) is 18.2 Å². The van der Waals surface area contributed by atoms with Crippen LogP contribution in [0.2, 0.25) is 5.02 Å². The number of aryl methyl sites for hydroxylation is 2. The summed E-state index contributed by atoms with van der Waals surface area (Å²) in [5, 5.41) is 2.65. The second kappa shape index (κ2) is 4.11. The van der Waals surface area contributed by atoms with Gasteiger partial charge in [-0.25, -0.2) is 0 Å². The Morgan fingerprint density at radius 2 is 2.00 bits per heavy atom. The van der Waals surface area contributed by atoms with E-state index in [1.165, 1.54) is 11.1 Å². The number of rotatable bonds is 1. The maximum Gasteiger partial charge on any atom is 0.0722 e. The van der Waals surface area contributed by atoms with Gasteiger partial charge in [-0.3, -0.25) is 4.98 Å². The van der Waals surface area contributed by atoms with E-state index in [9.17, 15) is 0 Å². The molecule has 0 amide bonds. The summed E-state index contributed by atoms with van der Waals surface area (Å²) in [5.41, 5.74) is 4.43. The molecule has 0 radical (unpaired) electrons. The van der Waals surface area contributed by atoms with Crippen LogP contribution >= 0.6 is 27.5 Å². The van der Waals surface area contributed by atoms with E-state index in [-0.39, 0.29) is 0 Å². The molecule has 1 aromatic carbocycles. The topological polar surface area (TPSA) is 12.9 Å². The van der Waals surface area contributed by atoms with Crippen LogP contribution in [0.1, 0.15) is 16.8 Å². The van der Waals surface area contributed by atoms with Gasteiger partial charge in [0.2, 0.25) is 0 Å². The standard InChI is InChI=1S/C12H11BrClN/c1-7-3-12-10(5-9(7)6-13)11(14)4-8(2)15-12/h3-5H,6H2,1-2H3. The van der Waals surface area contributed by atoms with Crippen molar-refractivity contribution in [1.82, 2.24) is 4.98 Å². The molecule has 78 valence electrons. The molecule has 0 N–H and O–H groups in total. The molecule has 2 rings (SSSR count). The molecule has 0 bridgehead atoms. The van der Waals surface area contributed by atoms with Crippen molar-refractivity contribution in [3.63, 3.8) is 0 Å². The minimum Gasteiger partial charge on any atom is -0.253 e. The van der Waals surface area contributed by atoms with E-state index in [0.29, 0.717) is 0 Å². The van der Waals surface area contributed by atoms with Crippen molar-refractivity contribution in [2.75, 3.05) is 0 Å². The minimum atomic E-state index is 0.778. The van der Waals surface area contributed by atoms with Gasteiger partial charge in [0.25, 0.3) is 0 Å². The highest BCUT2D eigenvalue weighted by molar-refractivity contribution is 9.08. The third kappa shape index (κ3) is 2.01. The van der Waals surface area contributed by atoms with Crippen LogP contribution in [-0.4, -0.2) is 4.98 Å². The predicted molar refractivity (Wildman–Crippen MR) is 68.9 cm³/mol. The number of hydrogen-bond donors (Lipinski definition) is 0. The van der Waals surface area contributed by atoms with Gasteiger partial charge in [0, 0.05) is 16.4 Å². The molecule has 0 aliphatic heterocycles. The SMILES string of the molecule is Cc1cc(Cl)c2cc(CBr)c(C)cc2n1. The van der Waals surface area contributed by atoms with Crippen LogP contribution in [0.3, 0.4) is 0 Å². The first-order chi connectivity index (χ1) is 7.11. The van der Waals surface area contributed by atoms with Gasteiger partial charge in [0.15, 0.2) is 0 Å². The van der Waals surface area contributed by atoms with Crippen LogP contribution in [0, 0.1) is 13.8 Å². The first-order valence-corrected chi connectivity index (χ1v) is 6.24. The Bertz CT molecular complexity index is 523. The van der Waals surface area contributed by atoms with Crippen molar-refractivity contribution in [2.24, 2.45) is 0 Å². The summed E-state index contributed by atoms with van der Waals surface area (Å²) in [4.78, 5) is 4.47. The highest BCUT2D eigenvalue weighted by Gasteiger charge is 2.05. The number of hydrogen-bond acceptors (Lipinski definition) is 1. The van der Waals surface area contributed by atoms with Crippen molar-refractivity contribution in [1.29, 1.82) is 0 Å². The van der Waals surface area contributed by atoms with E-state index in [1.807, 2.05) is 13.0 Å². The second-order valence-electron chi connectivity index (χ2n) is 3.67. The fourth-order valence-electron chi connectivity index (χ4n) is 1.65. The zero-order chi connectivity index (χ0) is 11.0. The maximum atomic E-state index is 6.19. The molecule has 0 spiro atoms. The Morgan fingerprint density at radius 1 is 1.27 bits per heavy atom. The Morgan fingerprint density at radius 3 is 2.67 bits per heavy atom. The van der Waals surface area contributed by atoms with Crippen molar-refractivity contribution < 1.29 is 0 Å². The van der Waals surface area contributed by atoms with Gasteiger partial charge < -0.3 is 0 Å². The summed E-state index contributed by atoms with van der Waals surface area (Å²) < 4.78 is 0. The molecule has 0 saturated carbocycles. The molecule has 0 aliphatic rings. The van der Waals surface area contributed by atoms with Crippen molar-refractivity contribution in [3.05, 3.63) is 40.0 Å². The van der Waals surface area contributed by atoms with E-state index in [2.05, 4.69) is 40.0 Å². The summed E-state index contributed by atoms with van der Waals surface area (Å²) in [6.45, 7) is 4.05. The Hall–Kier alpha value is -0.600. The average Bonchev–Trinajstić information content (AvgIpc) is 2.16. The van der Waals surface area contributed by atoms with E-state index in [1.54, 1.807) is 0 Å². The molecule has 1 nitrogen and oxygen atoms in total. The molecule has 0 fully saturated rings. The smallest absolute Gasteiger partial charge is 0.0722 e. The maximum absolute atomic E-state index is 6.19. The number of benzene rings is 1. The van der Waals surface area contributed by atoms with E-state index in [4.69, 9.17) is 11.6 Å². The third-order valence-corrected chi connectivity index (χ3v) is 3.40. The molecule has 15 heavy (non-hydrogen) atoms. The van der Waals surface area contributed by atoms with Crippen LogP contribution in [-0.2, 0) is 5.33 Å². The van der Waals surface area contributed by atoms with E-state index >= 15 is 0 Å².